The zero-order valence-corrected chi connectivity index (χ0v) is 45.6. The fraction of sp³-hybridized carbons (Fsp3) is 0.444. The molecule has 24 nitrogen and oxygen atoms in total. The van der Waals surface area contributed by atoms with Crippen molar-refractivity contribution in [2.75, 3.05) is 139 Å². The zero-order valence-electron chi connectivity index (χ0n) is 44.8. The molecule has 0 aliphatic carbocycles. The van der Waals surface area contributed by atoms with E-state index in [4.69, 9.17) is 56.3 Å². The Kier molecular flexibility index (Phi) is 27.4. The highest BCUT2D eigenvalue weighted by molar-refractivity contribution is 7.86. The molecule has 432 valence electrons. The molecule has 2 aromatic heterocycles. The van der Waals surface area contributed by atoms with Gasteiger partial charge in [0, 0.05) is 44.6 Å². The molecule has 0 aliphatic rings. The monoisotopic (exact) mass is 1130 g/mol. The molecule has 5 aromatic carbocycles. The summed E-state index contributed by atoms with van der Waals surface area (Å²) in [7, 11) is -2.11. The van der Waals surface area contributed by atoms with E-state index in [-0.39, 0.29) is 87.0 Å². The van der Waals surface area contributed by atoms with Gasteiger partial charge in [0.1, 0.15) is 13.2 Å². The van der Waals surface area contributed by atoms with Crippen LogP contribution < -0.4 is 28.4 Å². The lowest BCUT2D eigenvalue weighted by Gasteiger charge is -2.13. The lowest BCUT2D eigenvalue weighted by atomic mass is 10.2. The molecule has 0 bridgehead atoms. The second-order valence-corrected chi connectivity index (χ2v) is 18.2. The number of aryl methyl sites for hydroxylation is 1. The minimum atomic E-state index is -3.71. The van der Waals surface area contributed by atoms with Gasteiger partial charge in [-0.15, -0.1) is 0 Å². The largest absolute Gasteiger partial charge is 0.617 e. The van der Waals surface area contributed by atoms with Crippen molar-refractivity contribution in [3.63, 3.8) is 0 Å². The van der Waals surface area contributed by atoms with Crippen LogP contribution in [0, 0.1) is 27.8 Å². The summed E-state index contributed by atoms with van der Waals surface area (Å²) in [4.78, 5) is 0.149. The summed E-state index contributed by atoms with van der Waals surface area (Å²) in [6, 6.07) is 24.7. The third kappa shape index (κ3) is 19.2. The molecule has 0 fully saturated rings. The van der Waals surface area contributed by atoms with Gasteiger partial charge >= 0.3 is 22.1 Å². The third-order valence-corrected chi connectivity index (χ3v) is 12.4. The number of aromatic nitrogens is 4. The normalized spacial score (nSPS) is 11.4. The Morgan fingerprint density at radius 1 is 0.405 bits per heavy atom. The number of phenolic OH excluding ortho intramolecular Hbond substituents is 2. The molecule has 79 heavy (non-hydrogen) atoms. The number of hydrogen-bond donors (Lipinski definition) is 2. The molecule has 0 spiro atoms. The van der Waals surface area contributed by atoms with Crippen molar-refractivity contribution < 1.29 is 93.8 Å². The van der Waals surface area contributed by atoms with Crippen LogP contribution in [0.25, 0.3) is 44.1 Å². The molecule has 7 aromatic rings. The third-order valence-electron chi connectivity index (χ3n) is 11.1. The van der Waals surface area contributed by atoms with E-state index in [1.807, 2.05) is 20.8 Å². The molecular formula is C54H70N4O20S. The van der Waals surface area contributed by atoms with Crippen LogP contribution in [0.3, 0.4) is 0 Å². The number of ether oxygens (including phenoxy) is 11. The number of hydrogen-bond acceptors (Lipinski definition) is 20. The van der Waals surface area contributed by atoms with Gasteiger partial charge in [-0.2, -0.15) is 27.3 Å². The minimum absolute atomic E-state index is 0.000926. The molecule has 2 heterocycles. The first-order valence-corrected chi connectivity index (χ1v) is 26.9. The molecule has 0 atom stereocenters. The molecule has 0 aliphatic heterocycles. The molecule has 0 radical (unpaired) electrons. The second kappa shape index (κ2) is 34.3. The summed E-state index contributed by atoms with van der Waals surface area (Å²) in [5.74, 6) is 0.0206. The zero-order chi connectivity index (χ0) is 56.8. The highest BCUT2D eigenvalue weighted by Gasteiger charge is 2.29. The van der Waals surface area contributed by atoms with Crippen molar-refractivity contribution in [3.8, 4) is 23.0 Å². The van der Waals surface area contributed by atoms with E-state index in [0.717, 1.165) is 5.56 Å². The molecule has 0 saturated carbocycles. The number of aromatic hydroxyl groups is 2. The van der Waals surface area contributed by atoms with Gasteiger partial charge in [-0.05, 0) is 57.2 Å². The summed E-state index contributed by atoms with van der Waals surface area (Å²) < 4.78 is 89.9. The Balaban J connectivity index is 0.000000244. The number of fused-ring (bicyclic) bond motifs is 4. The first kappa shape index (κ1) is 63.1. The van der Waals surface area contributed by atoms with Gasteiger partial charge in [0.2, 0.25) is 0 Å². The standard InChI is InChI=1S/C28H40N2O10.C14H22O6S.C12H8N2O4/c1-3-33-11-13-35-15-17-37-19-21-39-25-9-5-7-23-27(25)29(31)24-8-6-10-26(28(24)30(23)32)40-22-20-38-18-16-36-14-12-34-4-2;1-13-3-5-14(6-4-13)21(15,16)20-12-11-19-10-9-18-8-7-17-2;15-9-5-1-3-7-11(9)14(18)8-4-2-6-10(16)12(8)13(7)17/h5-10H,3-4,11-22H2,1-2H3;3-6H,7-12H2,1-2H3;1-6,15-16H. The Morgan fingerprint density at radius 3 is 1.10 bits per heavy atom. The van der Waals surface area contributed by atoms with Crippen LogP contribution in [0.5, 0.6) is 23.0 Å². The molecule has 2 N–H and O–H groups in total. The van der Waals surface area contributed by atoms with E-state index in [1.165, 1.54) is 48.5 Å². The van der Waals surface area contributed by atoms with E-state index in [0.29, 0.717) is 136 Å². The molecule has 0 unspecified atom stereocenters. The lowest BCUT2D eigenvalue weighted by Crippen LogP contribution is -2.40. The van der Waals surface area contributed by atoms with Crippen molar-refractivity contribution in [3.05, 3.63) is 123 Å². The summed E-state index contributed by atoms with van der Waals surface area (Å²) >= 11 is 0. The van der Waals surface area contributed by atoms with E-state index in [9.17, 15) is 39.5 Å². The van der Waals surface area contributed by atoms with Gasteiger partial charge in [0.15, 0.2) is 23.0 Å². The fourth-order valence-corrected chi connectivity index (χ4v) is 8.18. The highest BCUT2D eigenvalue weighted by atomic mass is 32.2. The molecule has 0 amide bonds. The van der Waals surface area contributed by atoms with Gasteiger partial charge in [0.25, 0.3) is 32.2 Å². The van der Waals surface area contributed by atoms with Crippen LogP contribution in [0.1, 0.15) is 19.4 Å². The molecule has 25 heteroatoms. The highest BCUT2D eigenvalue weighted by Crippen LogP contribution is 2.27. The number of benzene rings is 5. The van der Waals surface area contributed by atoms with Gasteiger partial charge in [-0.1, -0.05) is 42.0 Å². The van der Waals surface area contributed by atoms with Crippen molar-refractivity contribution >= 4 is 54.3 Å². The topological polar surface area (TPSA) is 293 Å². The predicted octanol–water partition coefficient (Wildman–Crippen LogP) is 4.21. The van der Waals surface area contributed by atoms with Crippen LogP contribution in [0.15, 0.2) is 102 Å². The maximum atomic E-state index is 13.4. The van der Waals surface area contributed by atoms with Gasteiger partial charge in [-0.3, -0.25) is 4.18 Å². The smallest absolute Gasteiger partial charge is 0.332 e. The van der Waals surface area contributed by atoms with Crippen LogP contribution in [0.2, 0.25) is 0 Å². The Morgan fingerprint density at radius 2 is 0.722 bits per heavy atom. The van der Waals surface area contributed by atoms with Crippen molar-refractivity contribution in [1.29, 1.82) is 0 Å². The van der Waals surface area contributed by atoms with Gasteiger partial charge in [0.05, 0.1) is 111 Å². The fourth-order valence-electron chi connectivity index (χ4n) is 7.28. The Labute approximate surface area is 458 Å². The summed E-state index contributed by atoms with van der Waals surface area (Å²) in [6.07, 6.45) is 0. The average Bonchev–Trinajstić information content (AvgIpc) is 3.55. The van der Waals surface area contributed by atoms with Crippen LogP contribution in [-0.2, 0) is 56.9 Å². The SMILES string of the molecule is CCOCCOCCOCCOc1cccc2c1[n+]([O-])c1cccc(OCCOCCOCCOCC)c1[n+]2[O-].COCCOCCOCCOS(=O)(=O)c1ccc(C)cc1.[O-][n+]1c2cccc(O)c2[n+]([O-])c2cccc(O)c21. The van der Waals surface area contributed by atoms with E-state index in [2.05, 4.69) is 0 Å². The second-order valence-electron chi connectivity index (χ2n) is 16.6. The maximum Gasteiger partial charge on any atom is 0.332 e. The van der Waals surface area contributed by atoms with E-state index >= 15 is 0 Å². The molecule has 0 saturated heterocycles. The van der Waals surface area contributed by atoms with Crippen LogP contribution >= 0.6 is 0 Å². The quantitative estimate of drug-likeness (QED) is 0.0191. The number of methoxy groups -OCH3 is 1. The van der Waals surface area contributed by atoms with Crippen molar-refractivity contribution in [2.24, 2.45) is 0 Å². The van der Waals surface area contributed by atoms with Crippen molar-refractivity contribution in [2.45, 2.75) is 25.7 Å². The van der Waals surface area contributed by atoms with Crippen molar-refractivity contribution in [1.82, 2.24) is 0 Å². The van der Waals surface area contributed by atoms with Gasteiger partial charge in [-0.25, -0.2) is 0 Å². The molecular weight excluding hydrogens is 1060 g/mol. The number of phenols is 2. The first-order chi connectivity index (χ1) is 38.4. The number of rotatable bonds is 33. The summed E-state index contributed by atoms with van der Waals surface area (Å²) in [5.41, 5.74) is 1.35. The molecule has 7 rings (SSSR count). The predicted molar refractivity (Wildman–Crippen MR) is 287 cm³/mol. The Bertz CT molecular complexity index is 2890. The summed E-state index contributed by atoms with van der Waals surface area (Å²) in [6.45, 7) is 14.0. The minimum Gasteiger partial charge on any atom is -0.617 e. The maximum absolute atomic E-state index is 13.4. The van der Waals surface area contributed by atoms with Crippen LogP contribution in [0.4, 0.5) is 0 Å². The average molecular weight is 1130 g/mol. The number of nitrogens with zero attached hydrogens (tertiary/aromatic N) is 4. The first-order valence-electron chi connectivity index (χ1n) is 25.5. The lowest BCUT2D eigenvalue weighted by molar-refractivity contribution is -0.591. The Hall–Kier alpha value is -6.75. The van der Waals surface area contributed by atoms with Crippen LogP contribution in [-0.4, -0.2) is 158 Å². The van der Waals surface area contributed by atoms with E-state index < -0.39 is 10.1 Å². The summed E-state index contributed by atoms with van der Waals surface area (Å²) in [5, 5.41) is 70.3. The van der Waals surface area contributed by atoms with Gasteiger partial charge < -0.3 is 83.1 Å². The number of para-hydroxylation sites is 4. The van der Waals surface area contributed by atoms with E-state index in [1.54, 1.807) is 55.6 Å².